The molecule has 1 aromatic rings. The summed E-state index contributed by atoms with van der Waals surface area (Å²) in [5.74, 6) is 0. The van der Waals surface area contributed by atoms with Gasteiger partial charge in [0, 0.05) is 18.9 Å². The smallest absolute Gasteiger partial charge is 0.0568 e. The van der Waals surface area contributed by atoms with E-state index in [1.165, 1.54) is 12.8 Å². The third-order valence-electron chi connectivity index (χ3n) is 1.66. The minimum Gasteiger partial charge on any atom is -0.354 e. The molecule has 1 N–H and O–H groups in total. The Bertz CT molecular complexity index is 247. The van der Waals surface area contributed by atoms with Crippen molar-refractivity contribution in [1.82, 2.24) is 4.57 Å². The van der Waals surface area contributed by atoms with Crippen molar-refractivity contribution >= 4 is 24.0 Å². The van der Waals surface area contributed by atoms with Crippen LogP contribution in [0.4, 0.5) is 0 Å². The van der Waals surface area contributed by atoms with Crippen LogP contribution >= 0.6 is 24.0 Å². The number of pyridine rings is 1. The summed E-state index contributed by atoms with van der Waals surface area (Å²) in [5, 5.41) is 7.84. The first-order valence-corrected chi connectivity index (χ1v) is 4.03. The first kappa shape index (κ1) is 11.7. The molecule has 0 spiro atoms. The Morgan fingerprint density at radius 1 is 1.33 bits per heavy atom. The number of rotatable bonds is 3. The summed E-state index contributed by atoms with van der Waals surface area (Å²) in [7, 11) is 0. The van der Waals surface area contributed by atoms with E-state index < -0.39 is 0 Å². The van der Waals surface area contributed by atoms with Crippen molar-refractivity contribution in [2.24, 2.45) is 0 Å². The molecule has 0 bridgehead atoms. The fourth-order valence-electron chi connectivity index (χ4n) is 0.947. The Morgan fingerprint density at radius 3 is 2.42 bits per heavy atom. The van der Waals surface area contributed by atoms with Crippen LogP contribution in [-0.2, 0) is 6.54 Å². The zero-order chi connectivity index (χ0) is 8.10. The normalized spacial score (nSPS) is 9.08. The van der Waals surface area contributed by atoms with Gasteiger partial charge in [-0.05, 0) is 18.6 Å². The molecule has 0 aliphatic carbocycles. The summed E-state index contributed by atoms with van der Waals surface area (Å²) in [6, 6.07) is 3.63. The summed E-state index contributed by atoms with van der Waals surface area (Å²) in [6.07, 6.45) is 6.34. The van der Waals surface area contributed by atoms with Gasteiger partial charge in [0.25, 0.3) is 0 Å². The van der Waals surface area contributed by atoms with E-state index in [2.05, 4.69) is 11.5 Å². The Morgan fingerprint density at radius 2 is 1.92 bits per heavy atom. The molecule has 2 nitrogen and oxygen atoms in total. The first-order valence-electron chi connectivity index (χ1n) is 4.03. The molecule has 3 heteroatoms. The van der Waals surface area contributed by atoms with Gasteiger partial charge in [0.15, 0.2) is 0 Å². The maximum Gasteiger partial charge on any atom is 0.0568 e. The summed E-state index contributed by atoms with van der Waals surface area (Å²) >= 11 is 0. The molecule has 0 aromatic carbocycles. The van der Waals surface area contributed by atoms with Crippen LogP contribution in [0.1, 0.15) is 19.8 Å². The molecule has 1 aromatic heterocycles. The summed E-state index contributed by atoms with van der Waals surface area (Å²) in [6.45, 7) is 3.25. The Kier molecular flexibility index (Phi) is 6.06. The molecule has 0 saturated carbocycles. The van der Waals surface area contributed by atoms with Crippen LogP contribution in [0.25, 0.3) is 0 Å². The van der Waals surface area contributed by atoms with Gasteiger partial charge in [0.1, 0.15) is 0 Å². The monoisotopic (exact) mass is 278 g/mol. The number of unbranched alkanes of at least 4 members (excludes halogenated alkanes) is 1. The highest BCUT2D eigenvalue weighted by atomic mass is 127. The van der Waals surface area contributed by atoms with E-state index in [1.54, 1.807) is 0 Å². The molecule has 1 heterocycles. The Hall–Kier alpha value is -0.320. The van der Waals surface area contributed by atoms with E-state index in [9.17, 15) is 0 Å². The van der Waals surface area contributed by atoms with Crippen molar-refractivity contribution in [3.05, 3.63) is 29.9 Å². The quantitative estimate of drug-likeness (QED) is 0.823. The number of aromatic nitrogens is 1. The van der Waals surface area contributed by atoms with Crippen molar-refractivity contribution in [2.45, 2.75) is 26.3 Å². The van der Waals surface area contributed by atoms with Crippen molar-refractivity contribution in [3.8, 4) is 0 Å². The molecular weight excluding hydrogens is 263 g/mol. The van der Waals surface area contributed by atoms with Gasteiger partial charge in [-0.2, -0.15) is 0 Å². The lowest BCUT2D eigenvalue weighted by atomic mass is 10.3. The van der Waals surface area contributed by atoms with Crippen LogP contribution in [0.2, 0.25) is 0 Å². The van der Waals surface area contributed by atoms with Crippen LogP contribution < -0.4 is 5.36 Å². The summed E-state index contributed by atoms with van der Waals surface area (Å²) < 4.78 is 2.11. The van der Waals surface area contributed by atoms with Crippen LogP contribution in [0.3, 0.4) is 0 Å². The molecule has 0 amide bonds. The number of hydrogen-bond acceptors (Lipinski definition) is 1. The fourth-order valence-corrected chi connectivity index (χ4v) is 0.947. The molecule has 0 unspecified atom stereocenters. The standard InChI is InChI=1S/C9H14N2.HI/c1-2-3-6-11-7-4-9(10)5-8-11;/h4-5,7-8,10H,2-3,6H2,1H3;1H. The SMILES string of the molecule is CCCCn1ccc(=N)cc1.I. The van der Waals surface area contributed by atoms with Gasteiger partial charge in [-0.15, -0.1) is 24.0 Å². The molecule has 0 aliphatic rings. The topological polar surface area (TPSA) is 28.8 Å². The molecular formula is C9H15IN2. The van der Waals surface area contributed by atoms with Gasteiger partial charge >= 0.3 is 0 Å². The van der Waals surface area contributed by atoms with E-state index in [1.807, 2.05) is 24.5 Å². The number of nitrogens with one attached hydrogen (secondary N) is 1. The van der Waals surface area contributed by atoms with E-state index in [4.69, 9.17) is 5.41 Å². The predicted molar refractivity (Wildman–Crippen MR) is 60.6 cm³/mol. The van der Waals surface area contributed by atoms with Gasteiger partial charge in [-0.25, -0.2) is 0 Å². The zero-order valence-corrected chi connectivity index (χ0v) is 9.62. The minimum atomic E-state index is 0. The molecule has 0 radical (unpaired) electrons. The van der Waals surface area contributed by atoms with Gasteiger partial charge in [0.2, 0.25) is 0 Å². The van der Waals surface area contributed by atoms with Crippen LogP contribution in [0.5, 0.6) is 0 Å². The van der Waals surface area contributed by atoms with Crippen molar-refractivity contribution in [3.63, 3.8) is 0 Å². The average molecular weight is 278 g/mol. The Labute approximate surface area is 90.1 Å². The van der Waals surface area contributed by atoms with E-state index >= 15 is 0 Å². The second-order valence-corrected chi connectivity index (χ2v) is 2.68. The summed E-state index contributed by atoms with van der Waals surface area (Å²) in [4.78, 5) is 0. The van der Waals surface area contributed by atoms with Crippen molar-refractivity contribution < 1.29 is 0 Å². The minimum absolute atomic E-state index is 0. The Balaban J connectivity index is 0.00000121. The molecule has 0 aliphatic heterocycles. The van der Waals surface area contributed by atoms with Gasteiger partial charge in [-0.3, -0.25) is 0 Å². The summed E-state index contributed by atoms with van der Waals surface area (Å²) in [5.41, 5.74) is 0. The third-order valence-corrected chi connectivity index (χ3v) is 1.66. The van der Waals surface area contributed by atoms with Crippen LogP contribution in [0, 0.1) is 5.41 Å². The first-order chi connectivity index (χ1) is 5.33. The number of hydrogen-bond donors (Lipinski definition) is 1. The lowest BCUT2D eigenvalue weighted by Gasteiger charge is -2.02. The average Bonchev–Trinajstić information content (AvgIpc) is 2.04. The van der Waals surface area contributed by atoms with Gasteiger partial charge in [-0.1, -0.05) is 13.3 Å². The number of aryl methyl sites for hydroxylation is 1. The highest BCUT2D eigenvalue weighted by Crippen LogP contribution is 1.92. The van der Waals surface area contributed by atoms with Gasteiger partial charge < -0.3 is 9.98 Å². The van der Waals surface area contributed by atoms with Crippen LogP contribution in [0.15, 0.2) is 24.5 Å². The lowest BCUT2D eigenvalue weighted by Crippen LogP contribution is -2.03. The molecule has 0 fully saturated rings. The second-order valence-electron chi connectivity index (χ2n) is 2.68. The largest absolute Gasteiger partial charge is 0.354 e. The van der Waals surface area contributed by atoms with Gasteiger partial charge in [0.05, 0.1) is 5.36 Å². The highest BCUT2D eigenvalue weighted by Gasteiger charge is 1.85. The predicted octanol–water partition coefficient (Wildman–Crippen LogP) is 2.39. The fraction of sp³-hybridized carbons (Fsp3) is 0.444. The van der Waals surface area contributed by atoms with E-state index in [0.29, 0.717) is 5.36 Å². The van der Waals surface area contributed by atoms with Crippen molar-refractivity contribution in [1.29, 1.82) is 5.41 Å². The number of halogens is 1. The third kappa shape index (κ3) is 3.90. The maximum atomic E-state index is 7.26. The molecule has 0 saturated heterocycles. The van der Waals surface area contributed by atoms with Crippen LogP contribution in [-0.4, -0.2) is 4.57 Å². The molecule has 1 rings (SSSR count). The van der Waals surface area contributed by atoms with E-state index in [0.717, 1.165) is 6.54 Å². The zero-order valence-electron chi connectivity index (χ0n) is 7.29. The molecule has 12 heavy (non-hydrogen) atoms. The molecule has 68 valence electrons. The molecule has 0 atom stereocenters. The van der Waals surface area contributed by atoms with Crippen molar-refractivity contribution in [2.75, 3.05) is 0 Å². The second kappa shape index (κ2) is 6.22. The highest BCUT2D eigenvalue weighted by molar-refractivity contribution is 14.0. The lowest BCUT2D eigenvalue weighted by molar-refractivity contribution is 0.627. The maximum absolute atomic E-state index is 7.26. The number of nitrogens with zero attached hydrogens (tertiary/aromatic N) is 1. The van der Waals surface area contributed by atoms with E-state index in [-0.39, 0.29) is 24.0 Å².